The van der Waals surface area contributed by atoms with E-state index in [-0.39, 0.29) is 17.9 Å². The fourth-order valence-electron chi connectivity index (χ4n) is 2.09. The maximum Gasteiger partial charge on any atom is 0.251 e. The van der Waals surface area contributed by atoms with Gasteiger partial charge in [-0.3, -0.25) is 4.79 Å². The van der Waals surface area contributed by atoms with Crippen LogP contribution in [0.2, 0.25) is 0 Å². The molecule has 0 spiro atoms. The summed E-state index contributed by atoms with van der Waals surface area (Å²) >= 11 is 5.74. The van der Waals surface area contributed by atoms with Gasteiger partial charge in [-0.25, -0.2) is 0 Å². The molecule has 0 aliphatic heterocycles. The first-order valence-corrected chi connectivity index (χ1v) is 6.76. The molecule has 0 radical (unpaired) electrons. The standard InChI is InChI=1S/C14H18ClNO2/c15-9-11-2-1-3-12(8-11)13(18)16-10-14(4-5-14)6-7-17/h1-3,8,17H,4-7,9-10H2,(H,16,18). The Morgan fingerprint density at radius 2 is 2.22 bits per heavy atom. The second kappa shape index (κ2) is 5.72. The first-order chi connectivity index (χ1) is 8.69. The third kappa shape index (κ3) is 3.24. The Morgan fingerprint density at radius 3 is 2.83 bits per heavy atom. The molecule has 2 rings (SSSR count). The van der Waals surface area contributed by atoms with E-state index in [0.29, 0.717) is 18.0 Å². The van der Waals surface area contributed by atoms with Crippen LogP contribution in [0.5, 0.6) is 0 Å². The van der Waals surface area contributed by atoms with Crippen LogP contribution in [-0.2, 0) is 5.88 Å². The second-order valence-electron chi connectivity index (χ2n) is 4.99. The van der Waals surface area contributed by atoms with E-state index in [9.17, 15) is 4.79 Å². The molecule has 0 heterocycles. The average Bonchev–Trinajstić information content (AvgIpc) is 3.17. The number of aliphatic hydroxyl groups is 1. The largest absolute Gasteiger partial charge is 0.396 e. The number of amides is 1. The van der Waals surface area contributed by atoms with E-state index in [0.717, 1.165) is 24.8 Å². The molecule has 0 aromatic heterocycles. The molecule has 3 nitrogen and oxygen atoms in total. The molecular weight excluding hydrogens is 250 g/mol. The van der Waals surface area contributed by atoms with Crippen LogP contribution < -0.4 is 5.32 Å². The van der Waals surface area contributed by atoms with Crippen LogP contribution in [0.1, 0.15) is 35.2 Å². The van der Waals surface area contributed by atoms with Gasteiger partial charge >= 0.3 is 0 Å². The number of carbonyl (C=O) groups excluding carboxylic acids is 1. The van der Waals surface area contributed by atoms with Crippen molar-refractivity contribution in [2.45, 2.75) is 25.1 Å². The molecule has 4 heteroatoms. The zero-order chi connectivity index (χ0) is 13.0. The lowest BCUT2D eigenvalue weighted by molar-refractivity contribution is 0.0940. The summed E-state index contributed by atoms with van der Waals surface area (Å²) < 4.78 is 0. The van der Waals surface area contributed by atoms with E-state index in [4.69, 9.17) is 16.7 Å². The fraction of sp³-hybridized carbons (Fsp3) is 0.500. The third-order valence-corrected chi connectivity index (χ3v) is 3.88. The number of carbonyl (C=O) groups is 1. The molecule has 18 heavy (non-hydrogen) atoms. The van der Waals surface area contributed by atoms with Gasteiger partial charge in [0.15, 0.2) is 0 Å². The lowest BCUT2D eigenvalue weighted by atomic mass is 10.0. The summed E-state index contributed by atoms with van der Waals surface area (Å²) in [7, 11) is 0. The molecule has 1 aliphatic rings. The van der Waals surface area contributed by atoms with E-state index < -0.39 is 0 Å². The van der Waals surface area contributed by atoms with Gasteiger partial charge in [-0.1, -0.05) is 12.1 Å². The summed E-state index contributed by atoms with van der Waals surface area (Å²) in [6, 6.07) is 7.34. The zero-order valence-corrected chi connectivity index (χ0v) is 11.0. The topological polar surface area (TPSA) is 49.3 Å². The predicted octanol–water partition coefficient (Wildman–Crippen LogP) is 2.32. The van der Waals surface area contributed by atoms with Gasteiger partial charge in [-0.15, -0.1) is 11.6 Å². The quantitative estimate of drug-likeness (QED) is 0.777. The molecule has 1 amide bonds. The van der Waals surface area contributed by atoms with E-state index in [1.165, 1.54) is 0 Å². The van der Waals surface area contributed by atoms with Crippen molar-refractivity contribution in [3.8, 4) is 0 Å². The summed E-state index contributed by atoms with van der Waals surface area (Å²) in [5, 5.41) is 11.9. The Kier molecular flexibility index (Phi) is 4.25. The molecule has 0 saturated heterocycles. The van der Waals surface area contributed by atoms with Gasteiger partial charge in [0.2, 0.25) is 0 Å². The minimum absolute atomic E-state index is 0.0637. The van der Waals surface area contributed by atoms with Gasteiger partial charge in [0.05, 0.1) is 0 Å². The molecule has 1 aliphatic carbocycles. The number of alkyl halides is 1. The zero-order valence-electron chi connectivity index (χ0n) is 10.3. The van der Waals surface area contributed by atoms with Gasteiger partial charge in [0, 0.05) is 24.6 Å². The fourth-order valence-corrected chi connectivity index (χ4v) is 2.26. The van der Waals surface area contributed by atoms with Crippen LogP contribution in [0.15, 0.2) is 24.3 Å². The van der Waals surface area contributed by atoms with E-state index >= 15 is 0 Å². The van der Waals surface area contributed by atoms with Crippen molar-refractivity contribution in [2.75, 3.05) is 13.2 Å². The van der Waals surface area contributed by atoms with Crippen LogP contribution in [0.4, 0.5) is 0 Å². The molecule has 1 saturated carbocycles. The number of nitrogens with one attached hydrogen (secondary N) is 1. The molecule has 0 unspecified atom stereocenters. The maximum atomic E-state index is 12.0. The molecule has 98 valence electrons. The van der Waals surface area contributed by atoms with E-state index in [1.54, 1.807) is 6.07 Å². The predicted molar refractivity (Wildman–Crippen MR) is 71.7 cm³/mol. The van der Waals surface area contributed by atoms with Crippen molar-refractivity contribution in [3.63, 3.8) is 0 Å². The van der Waals surface area contributed by atoms with Crippen molar-refractivity contribution in [1.82, 2.24) is 5.32 Å². The van der Waals surface area contributed by atoms with Crippen LogP contribution in [-0.4, -0.2) is 24.2 Å². The highest BCUT2D eigenvalue weighted by atomic mass is 35.5. The Morgan fingerprint density at radius 1 is 1.44 bits per heavy atom. The molecule has 1 fully saturated rings. The Labute approximate surface area is 112 Å². The van der Waals surface area contributed by atoms with E-state index in [2.05, 4.69) is 5.32 Å². The van der Waals surface area contributed by atoms with Gasteiger partial charge in [0.25, 0.3) is 5.91 Å². The van der Waals surface area contributed by atoms with Crippen molar-refractivity contribution in [1.29, 1.82) is 0 Å². The monoisotopic (exact) mass is 267 g/mol. The lowest BCUT2D eigenvalue weighted by Crippen LogP contribution is -2.30. The molecule has 1 aromatic rings. The van der Waals surface area contributed by atoms with Crippen LogP contribution in [0, 0.1) is 5.41 Å². The Bertz CT molecular complexity index is 430. The average molecular weight is 268 g/mol. The minimum atomic E-state index is -0.0637. The molecular formula is C14H18ClNO2. The summed E-state index contributed by atoms with van der Waals surface area (Å²) in [6.07, 6.45) is 2.96. The summed E-state index contributed by atoms with van der Waals surface area (Å²) in [4.78, 5) is 12.0. The number of halogens is 1. The first-order valence-electron chi connectivity index (χ1n) is 6.23. The summed E-state index contributed by atoms with van der Waals surface area (Å²) in [5.41, 5.74) is 1.74. The second-order valence-corrected chi connectivity index (χ2v) is 5.26. The van der Waals surface area contributed by atoms with Gasteiger partial charge in [0.1, 0.15) is 0 Å². The number of aliphatic hydroxyl groups excluding tert-OH is 1. The Balaban J connectivity index is 1.91. The highest BCUT2D eigenvalue weighted by Crippen LogP contribution is 2.47. The molecule has 0 atom stereocenters. The highest BCUT2D eigenvalue weighted by molar-refractivity contribution is 6.17. The molecule has 1 aromatic carbocycles. The smallest absolute Gasteiger partial charge is 0.251 e. The normalized spacial score (nSPS) is 16.3. The summed E-state index contributed by atoms with van der Waals surface area (Å²) in [5.74, 6) is 0.349. The van der Waals surface area contributed by atoms with Crippen LogP contribution in [0.3, 0.4) is 0 Å². The van der Waals surface area contributed by atoms with Gasteiger partial charge in [-0.05, 0) is 42.4 Å². The third-order valence-electron chi connectivity index (χ3n) is 3.57. The molecule has 0 bridgehead atoms. The first kappa shape index (κ1) is 13.4. The number of hydrogen-bond donors (Lipinski definition) is 2. The summed E-state index contributed by atoms with van der Waals surface area (Å²) in [6.45, 7) is 0.842. The molecule has 2 N–H and O–H groups in total. The van der Waals surface area contributed by atoms with Crippen molar-refractivity contribution >= 4 is 17.5 Å². The minimum Gasteiger partial charge on any atom is -0.396 e. The number of benzene rings is 1. The van der Waals surface area contributed by atoms with Crippen LogP contribution in [0.25, 0.3) is 0 Å². The van der Waals surface area contributed by atoms with Crippen molar-refractivity contribution < 1.29 is 9.90 Å². The van der Waals surface area contributed by atoms with Gasteiger partial charge < -0.3 is 10.4 Å². The lowest BCUT2D eigenvalue weighted by Gasteiger charge is -2.14. The number of rotatable bonds is 6. The number of hydrogen-bond acceptors (Lipinski definition) is 2. The van der Waals surface area contributed by atoms with E-state index in [1.807, 2.05) is 18.2 Å². The van der Waals surface area contributed by atoms with Crippen molar-refractivity contribution in [3.05, 3.63) is 35.4 Å². The SMILES string of the molecule is O=C(NCC1(CCO)CC1)c1cccc(CCl)c1. The van der Waals surface area contributed by atoms with Crippen LogP contribution >= 0.6 is 11.6 Å². The Hall–Kier alpha value is -1.06. The van der Waals surface area contributed by atoms with Gasteiger partial charge in [-0.2, -0.15) is 0 Å². The highest BCUT2D eigenvalue weighted by Gasteiger charge is 2.41. The van der Waals surface area contributed by atoms with Crippen molar-refractivity contribution in [2.24, 2.45) is 5.41 Å². The maximum absolute atomic E-state index is 12.0.